The van der Waals surface area contributed by atoms with E-state index in [1.807, 2.05) is 18.2 Å². The van der Waals surface area contributed by atoms with Gasteiger partial charge in [0.1, 0.15) is 0 Å². The van der Waals surface area contributed by atoms with Crippen LogP contribution < -0.4 is 11.3 Å². The van der Waals surface area contributed by atoms with Crippen LogP contribution in [0.5, 0.6) is 0 Å². The molecule has 1 atom stereocenters. The maximum absolute atomic E-state index is 5.93. The van der Waals surface area contributed by atoms with E-state index in [9.17, 15) is 0 Å². The molecule has 0 aliphatic heterocycles. The first-order chi connectivity index (χ1) is 6.72. The molecule has 1 aliphatic rings. The summed E-state index contributed by atoms with van der Waals surface area (Å²) in [6, 6.07) is 6.22. The van der Waals surface area contributed by atoms with Crippen molar-refractivity contribution in [2.75, 3.05) is 0 Å². The van der Waals surface area contributed by atoms with Gasteiger partial charge in [0, 0.05) is 10.5 Å². The van der Waals surface area contributed by atoms with Crippen LogP contribution in [0.2, 0.25) is 5.02 Å². The first kappa shape index (κ1) is 10.4. The van der Waals surface area contributed by atoms with Gasteiger partial charge in [0.25, 0.3) is 0 Å². The molecule has 3 N–H and O–H groups in total. The molecule has 0 amide bonds. The predicted molar refractivity (Wildman–Crippen MR) is 61.9 cm³/mol. The van der Waals surface area contributed by atoms with Crippen molar-refractivity contribution in [3.63, 3.8) is 0 Å². The van der Waals surface area contributed by atoms with Crippen molar-refractivity contribution in [2.45, 2.75) is 18.9 Å². The molecule has 1 aromatic carbocycles. The third-order valence-corrected chi connectivity index (χ3v) is 3.79. The molecule has 0 spiro atoms. The SMILES string of the molecule is NNC(c1ccc(Cl)c(Br)c1)C1CC1. The summed E-state index contributed by atoms with van der Waals surface area (Å²) < 4.78 is 0.928. The molecule has 1 aromatic rings. The number of hydrogen-bond donors (Lipinski definition) is 2. The van der Waals surface area contributed by atoms with E-state index in [-0.39, 0.29) is 6.04 Å². The normalized spacial score (nSPS) is 18.2. The highest BCUT2D eigenvalue weighted by Gasteiger charge is 2.31. The second-order valence-electron chi connectivity index (χ2n) is 3.66. The maximum atomic E-state index is 5.93. The van der Waals surface area contributed by atoms with Crippen molar-refractivity contribution < 1.29 is 0 Å². The number of rotatable bonds is 3. The van der Waals surface area contributed by atoms with Gasteiger partial charge in [0.15, 0.2) is 0 Å². The number of halogens is 2. The van der Waals surface area contributed by atoms with Gasteiger partial charge in [-0.05, 0) is 52.4 Å². The van der Waals surface area contributed by atoms with Gasteiger partial charge in [-0.1, -0.05) is 17.7 Å². The third-order valence-electron chi connectivity index (χ3n) is 2.58. The van der Waals surface area contributed by atoms with Crippen LogP contribution in [0.4, 0.5) is 0 Å². The molecule has 1 fully saturated rings. The van der Waals surface area contributed by atoms with E-state index in [2.05, 4.69) is 21.4 Å². The van der Waals surface area contributed by atoms with Crippen molar-refractivity contribution in [1.29, 1.82) is 0 Å². The van der Waals surface area contributed by atoms with Crippen molar-refractivity contribution in [1.82, 2.24) is 5.43 Å². The van der Waals surface area contributed by atoms with Crippen LogP contribution in [0.3, 0.4) is 0 Å². The lowest BCUT2D eigenvalue weighted by Gasteiger charge is -2.15. The van der Waals surface area contributed by atoms with E-state index in [0.717, 1.165) is 9.50 Å². The summed E-state index contributed by atoms with van der Waals surface area (Å²) in [6.45, 7) is 0. The fraction of sp³-hybridized carbons (Fsp3) is 0.400. The van der Waals surface area contributed by atoms with E-state index >= 15 is 0 Å². The zero-order chi connectivity index (χ0) is 10.1. The van der Waals surface area contributed by atoms with Crippen LogP contribution in [-0.2, 0) is 0 Å². The zero-order valence-corrected chi connectivity index (χ0v) is 9.98. The number of hydrogen-bond acceptors (Lipinski definition) is 2. The van der Waals surface area contributed by atoms with Gasteiger partial charge in [-0.3, -0.25) is 11.3 Å². The Labute approximate surface area is 96.9 Å². The Hall–Kier alpha value is -0.0900. The minimum absolute atomic E-state index is 0.267. The Kier molecular flexibility index (Phi) is 3.12. The predicted octanol–water partition coefficient (Wildman–Crippen LogP) is 3.02. The quantitative estimate of drug-likeness (QED) is 0.657. The standard InChI is InChI=1S/C10H12BrClN2/c11-8-5-7(3-4-9(8)12)10(14-13)6-1-2-6/h3-6,10,14H,1-2,13H2. The Bertz CT molecular complexity index is 339. The Balaban J connectivity index is 2.25. The minimum atomic E-state index is 0.267. The molecule has 2 rings (SSSR count). The summed E-state index contributed by atoms with van der Waals surface area (Å²) in [5.41, 5.74) is 4.06. The Morgan fingerprint density at radius 3 is 2.71 bits per heavy atom. The smallest absolute Gasteiger partial charge is 0.0548 e. The lowest BCUT2D eigenvalue weighted by atomic mass is 10.0. The fourth-order valence-electron chi connectivity index (χ4n) is 1.64. The van der Waals surface area contributed by atoms with Crippen molar-refractivity contribution in [2.24, 2.45) is 11.8 Å². The van der Waals surface area contributed by atoms with Gasteiger partial charge >= 0.3 is 0 Å². The van der Waals surface area contributed by atoms with Gasteiger partial charge in [-0.2, -0.15) is 0 Å². The highest BCUT2D eigenvalue weighted by molar-refractivity contribution is 9.10. The maximum Gasteiger partial charge on any atom is 0.0548 e. The van der Waals surface area contributed by atoms with Gasteiger partial charge in [-0.15, -0.1) is 0 Å². The summed E-state index contributed by atoms with van der Waals surface area (Å²) in [4.78, 5) is 0. The largest absolute Gasteiger partial charge is 0.271 e. The fourth-order valence-corrected chi connectivity index (χ4v) is 2.15. The summed E-state index contributed by atoms with van der Waals surface area (Å²) >= 11 is 9.34. The molecular weight excluding hydrogens is 263 g/mol. The topological polar surface area (TPSA) is 38.0 Å². The summed E-state index contributed by atoms with van der Waals surface area (Å²) in [5, 5.41) is 0.736. The van der Waals surface area contributed by atoms with Crippen LogP contribution in [0.15, 0.2) is 22.7 Å². The lowest BCUT2D eigenvalue weighted by Crippen LogP contribution is -2.29. The van der Waals surface area contributed by atoms with Crippen molar-refractivity contribution >= 4 is 27.5 Å². The van der Waals surface area contributed by atoms with Gasteiger partial charge in [0.2, 0.25) is 0 Å². The number of benzene rings is 1. The van der Waals surface area contributed by atoms with Gasteiger partial charge < -0.3 is 0 Å². The highest BCUT2D eigenvalue weighted by Crippen LogP contribution is 2.41. The van der Waals surface area contributed by atoms with E-state index in [0.29, 0.717) is 5.92 Å². The molecule has 1 saturated carbocycles. The van der Waals surface area contributed by atoms with Crippen molar-refractivity contribution in [3.05, 3.63) is 33.3 Å². The van der Waals surface area contributed by atoms with E-state index in [1.54, 1.807) is 0 Å². The highest BCUT2D eigenvalue weighted by atomic mass is 79.9. The second-order valence-corrected chi connectivity index (χ2v) is 4.92. The summed E-state index contributed by atoms with van der Waals surface area (Å²) in [5.74, 6) is 6.22. The van der Waals surface area contributed by atoms with Crippen molar-refractivity contribution in [3.8, 4) is 0 Å². The van der Waals surface area contributed by atoms with Gasteiger partial charge in [0.05, 0.1) is 5.02 Å². The monoisotopic (exact) mass is 274 g/mol. The van der Waals surface area contributed by atoms with Crippen LogP contribution >= 0.6 is 27.5 Å². The summed E-state index contributed by atoms with van der Waals surface area (Å²) in [7, 11) is 0. The molecule has 14 heavy (non-hydrogen) atoms. The Morgan fingerprint density at radius 1 is 1.50 bits per heavy atom. The average Bonchev–Trinajstić information content (AvgIpc) is 2.96. The van der Waals surface area contributed by atoms with Crippen LogP contribution in [0.25, 0.3) is 0 Å². The van der Waals surface area contributed by atoms with Crippen LogP contribution in [0.1, 0.15) is 24.4 Å². The second kappa shape index (κ2) is 4.19. The molecule has 1 unspecified atom stereocenters. The first-order valence-corrected chi connectivity index (χ1v) is 5.80. The molecule has 2 nitrogen and oxygen atoms in total. The van der Waals surface area contributed by atoms with E-state index < -0.39 is 0 Å². The molecule has 76 valence electrons. The van der Waals surface area contributed by atoms with E-state index in [4.69, 9.17) is 17.4 Å². The van der Waals surface area contributed by atoms with Gasteiger partial charge in [-0.25, -0.2) is 0 Å². The summed E-state index contributed by atoms with van der Waals surface area (Å²) in [6.07, 6.45) is 2.52. The molecule has 0 bridgehead atoms. The molecule has 0 saturated heterocycles. The molecule has 0 radical (unpaired) electrons. The molecular formula is C10H12BrClN2. The number of hydrazine groups is 1. The van der Waals surface area contributed by atoms with Crippen LogP contribution in [0, 0.1) is 5.92 Å². The van der Waals surface area contributed by atoms with E-state index in [1.165, 1.54) is 18.4 Å². The third kappa shape index (κ3) is 2.11. The Morgan fingerprint density at radius 2 is 2.21 bits per heavy atom. The molecule has 4 heteroatoms. The lowest BCUT2D eigenvalue weighted by molar-refractivity contribution is 0.496. The number of nitrogens with two attached hydrogens (primary N) is 1. The first-order valence-electron chi connectivity index (χ1n) is 4.63. The minimum Gasteiger partial charge on any atom is -0.271 e. The molecule has 1 aliphatic carbocycles. The molecule has 0 heterocycles. The zero-order valence-electron chi connectivity index (χ0n) is 7.63. The average molecular weight is 276 g/mol. The molecule has 0 aromatic heterocycles. The van der Waals surface area contributed by atoms with Crippen LogP contribution in [-0.4, -0.2) is 0 Å². The number of nitrogens with one attached hydrogen (secondary N) is 1.